The number of nitro benzene ring substituents is 1. The molecule has 3 aliphatic rings. The van der Waals surface area contributed by atoms with Gasteiger partial charge >= 0.3 is 0 Å². The van der Waals surface area contributed by atoms with Crippen LogP contribution in [0.4, 0.5) is 17.1 Å². The summed E-state index contributed by atoms with van der Waals surface area (Å²) < 4.78 is 0. The minimum absolute atomic E-state index is 0.186. The van der Waals surface area contributed by atoms with Gasteiger partial charge in [0, 0.05) is 23.4 Å². The van der Waals surface area contributed by atoms with Gasteiger partial charge in [0.1, 0.15) is 6.04 Å². The molecule has 0 aromatic heterocycles. The summed E-state index contributed by atoms with van der Waals surface area (Å²) in [5, 5.41) is 11.4. The average Bonchev–Trinajstić information content (AvgIpc) is 3.37. The molecule has 3 heterocycles. The van der Waals surface area contributed by atoms with Gasteiger partial charge < -0.3 is 4.90 Å². The number of imide groups is 1. The maximum Gasteiger partial charge on any atom is 0.271 e. The smallest absolute Gasteiger partial charge is 0.271 e. The zero-order chi connectivity index (χ0) is 25.1. The average molecular weight is 479 g/mol. The summed E-state index contributed by atoms with van der Waals surface area (Å²) in [4.78, 5) is 55.6. The molecule has 178 valence electrons. The topological polar surface area (TPSA) is 101 Å². The minimum atomic E-state index is -0.926. The van der Waals surface area contributed by atoms with E-state index in [9.17, 15) is 24.5 Å². The number of nitrogens with zero attached hydrogens (tertiary/aromatic N) is 3. The van der Waals surface area contributed by atoms with Crippen LogP contribution in [0.2, 0.25) is 0 Å². The standard InChI is InChI=1S/C28H21N3O5/c1-16-11-13-19(31(35)36)15-22(16)30-27(33)23-21-14-12-17-7-5-6-10-20(17)29(21)25(24(23)28(30)34)26(32)18-8-3-2-4-9-18/h2-15,21,23-25H,1H3/t21-,23+,24+,25-/m1/s1. The molecule has 4 atom stereocenters. The van der Waals surface area contributed by atoms with Crippen molar-refractivity contribution in [2.45, 2.75) is 19.0 Å². The number of carbonyl (C=O) groups is 3. The van der Waals surface area contributed by atoms with Crippen LogP contribution >= 0.6 is 0 Å². The Morgan fingerprint density at radius 2 is 1.58 bits per heavy atom. The Labute approximate surface area is 206 Å². The maximum absolute atomic E-state index is 14.0. The largest absolute Gasteiger partial charge is 0.352 e. The fourth-order valence-corrected chi connectivity index (χ4v) is 5.78. The van der Waals surface area contributed by atoms with Crippen LogP contribution in [0.5, 0.6) is 0 Å². The maximum atomic E-state index is 14.0. The molecule has 2 saturated heterocycles. The van der Waals surface area contributed by atoms with Crippen molar-refractivity contribution in [1.29, 1.82) is 0 Å². The molecule has 0 radical (unpaired) electrons. The number of anilines is 2. The van der Waals surface area contributed by atoms with Crippen molar-refractivity contribution in [3.63, 3.8) is 0 Å². The second kappa shape index (κ2) is 7.98. The molecule has 3 aliphatic heterocycles. The van der Waals surface area contributed by atoms with E-state index >= 15 is 0 Å². The van der Waals surface area contributed by atoms with Gasteiger partial charge in [-0.25, -0.2) is 4.90 Å². The lowest BCUT2D eigenvalue weighted by Crippen LogP contribution is -2.49. The number of aryl methyl sites for hydroxylation is 1. The molecule has 0 spiro atoms. The van der Waals surface area contributed by atoms with E-state index in [1.54, 1.807) is 31.2 Å². The number of hydrogen-bond donors (Lipinski definition) is 0. The van der Waals surface area contributed by atoms with Crippen molar-refractivity contribution >= 4 is 40.7 Å². The van der Waals surface area contributed by atoms with Crippen LogP contribution in [0.25, 0.3) is 6.08 Å². The zero-order valence-corrected chi connectivity index (χ0v) is 19.3. The molecule has 36 heavy (non-hydrogen) atoms. The van der Waals surface area contributed by atoms with Gasteiger partial charge in [-0.2, -0.15) is 0 Å². The van der Waals surface area contributed by atoms with Crippen molar-refractivity contribution < 1.29 is 19.3 Å². The molecule has 3 aromatic rings. The first kappa shape index (κ1) is 21.9. The Bertz CT molecular complexity index is 1480. The first-order chi connectivity index (χ1) is 17.4. The van der Waals surface area contributed by atoms with Gasteiger partial charge in [-0.1, -0.05) is 66.7 Å². The first-order valence-electron chi connectivity index (χ1n) is 11.7. The van der Waals surface area contributed by atoms with E-state index in [4.69, 9.17) is 0 Å². The zero-order valence-electron chi connectivity index (χ0n) is 19.3. The summed E-state index contributed by atoms with van der Waals surface area (Å²) in [6.07, 6.45) is 3.80. The lowest BCUT2D eigenvalue weighted by Gasteiger charge is -2.36. The number of nitro groups is 1. The Morgan fingerprint density at radius 1 is 0.889 bits per heavy atom. The van der Waals surface area contributed by atoms with Crippen molar-refractivity contribution in [2.75, 3.05) is 9.80 Å². The van der Waals surface area contributed by atoms with Gasteiger partial charge in [0.05, 0.1) is 28.5 Å². The molecule has 0 unspecified atom stereocenters. The molecule has 0 saturated carbocycles. The SMILES string of the molecule is Cc1ccc([N+](=O)[O-])cc1N1C(=O)[C@@H]2[C@H](C1=O)[C@H](C(=O)c1ccccc1)N1c3ccccc3C=C[C@H]21. The fraction of sp³-hybridized carbons (Fsp3) is 0.179. The van der Waals surface area contributed by atoms with E-state index in [0.717, 1.165) is 16.2 Å². The molecule has 2 amide bonds. The summed E-state index contributed by atoms with van der Waals surface area (Å²) >= 11 is 0. The number of Topliss-reactive ketones (excluding diaryl/α,β-unsaturated/α-hetero) is 1. The molecule has 0 aliphatic carbocycles. The van der Waals surface area contributed by atoms with Crippen LogP contribution in [0, 0.1) is 28.9 Å². The van der Waals surface area contributed by atoms with Gasteiger partial charge in [0.15, 0.2) is 5.78 Å². The van der Waals surface area contributed by atoms with Crippen LogP contribution in [0.3, 0.4) is 0 Å². The third-order valence-corrected chi connectivity index (χ3v) is 7.39. The highest BCUT2D eigenvalue weighted by molar-refractivity contribution is 6.26. The van der Waals surface area contributed by atoms with E-state index in [2.05, 4.69) is 0 Å². The van der Waals surface area contributed by atoms with Crippen LogP contribution < -0.4 is 9.80 Å². The third kappa shape index (κ3) is 3.04. The summed E-state index contributed by atoms with van der Waals surface area (Å²) in [6, 6.07) is 19.1. The van der Waals surface area contributed by atoms with Gasteiger partial charge in [0.2, 0.25) is 11.8 Å². The molecule has 0 N–H and O–H groups in total. The number of rotatable bonds is 4. The molecule has 0 bridgehead atoms. The summed E-state index contributed by atoms with van der Waals surface area (Å²) in [5.41, 5.74) is 2.71. The molecule has 6 rings (SSSR count). The summed E-state index contributed by atoms with van der Waals surface area (Å²) in [6.45, 7) is 1.70. The Kier molecular flexibility index (Phi) is 4.86. The third-order valence-electron chi connectivity index (χ3n) is 7.39. The predicted molar refractivity (Wildman–Crippen MR) is 134 cm³/mol. The highest BCUT2D eigenvalue weighted by Crippen LogP contribution is 2.50. The Morgan fingerprint density at radius 3 is 2.33 bits per heavy atom. The predicted octanol–water partition coefficient (Wildman–Crippen LogP) is 4.18. The number of ketones is 1. The first-order valence-corrected chi connectivity index (χ1v) is 11.7. The summed E-state index contributed by atoms with van der Waals surface area (Å²) in [5.74, 6) is -2.92. The number of non-ortho nitro benzene ring substituents is 1. The van der Waals surface area contributed by atoms with Gasteiger partial charge in [-0.05, 0) is 24.1 Å². The van der Waals surface area contributed by atoms with E-state index in [-0.39, 0.29) is 17.2 Å². The molecular formula is C28H21N3O5. The minimum Gasteiger partial charge on any atom is -0.352 e. The Hall–Kier alpha value is -4.59. The highest BCUT2D eigenvalue weighted by Gasteiger charge is 2.64. The normalized spacial score (nSPS) is 23.9. The lowest BCUT2D eigenvalue weighted by atomic mass is 9.86. The fourth-order valence-electron chi connectivity index (χ4n) is 5.78. The lowest BCUT2D eigenvalue weighted by molar-refractivity contribution is -0.384. The molecule has 8 nitrogen and oxygen atoms in total. The number of fused-ring (bicyclic) bond motifs is 5. The van der Waals surface area contributed by atoms with Crippen molar-refractivity contribution in [1.82, 2.24) is 0 Å². The van der Waals surface area contributed by atoms with Crippen LogP contribution in [0.15, 0.2) is 78.9 Å². The quantitative estimate of drug-likeness (QED) is 0.241. The monoisotopic (exact) mass is 479 g/mol. The Balaban J connectivity index is 1.50. The van der Waals surface area contributed by atoms with Gasteiger partial charge in [0.25, 0.3) is 5.69 Å². The van der Waals surface area contributed by atoms with Crippen LogP contribution in [-0.4, -0.2) is 34.6 Å². The number of carbonyl (C=O) groups excluding carboxylic acids is 3. The summed E-state index contributed by atoms with van der Waals surface area (Å²) in [7, 11) is 0. The second-order valence-corrected chi connectivity index (χ2v) is 9.28. The van der Waals surface area contributed by atoms with Gasteiger partial charge in [-0.3, -0.25) is 24.5 Å². The van der Waals surface area contributed by atoms with Crippen molar-refractivity contribution in [3.05, 3.63) is 106 Å². The highest BCUT2D eigenvalue weighted by atomic mass is 16.6. The number of benzene rings is 3. The molecule has 2 fully saturated rings. The molecular weight excluding hydrogens is 458 g/mol. The molecule has 8 heteroatoms. The number of hydrogen-bond acceptors (Lipinski definition) is 6. The van der Waals surface area contributed by atoms with E-state index in [1.807, 2.05) is 47.4 Å². The van der Waals surface area contributed by atoms with E-state index < -0.39 is 40.7 Å². The van der Waals surface area contributed by atoms with E-state index in [1.165, 1.54) is 18.2 Å². The van der Waals surface area contributed by atoms with E-state index in [0.29, 0.717) is 11.1 Å². The second-order valence-electron chi connectivity index (χ2n) is 9.28. The van der Waals surface area contributed by atoms with Crippen molar-refractivity contribution in [2.24, 2.45) is 11.8 Å². The van der Waals surface area contributed by atoms with Crippen LogP contribution in [0.1, 0.15) is 21.5 Å². The molecule has 3 aromatic carbocycles. The van der Waals surface area contributed by atoms with Crippen LogP contribution in [-0.2, 0) is 9.59 Å². The van der Waals surface area contributed by atoms with Crippen molar-refractivity contribution in [3.8, 4) is 0 Å². The number of para-hydroxylation sites is 1. The van der Waals surface area contributed by atoms with Gasteiger partial charge in [-0.15, -0.1) is 0 Å². The number of amides is 2.